The zero-order valence-electron chi connectivity index (χ0n) is 10.5. The van der Waals surface area contributed by atoms with Crippen LogP contribution in [0.1, 0.15) is 32.8 Å². The Balaban J connectivity index is 0.00000106. The van der Waals surface area contributed by atoms with Crippen molar-refractivity contribution in [2.75, 3.05) is 13.7 Å². The van der Waals surface area contributed by atoms with Crippen LogP contribution in [-0.2, 0) is 10.3 Å². The van der Waals surface area contributed by atoms with Crippen molar-refractivity contribution >= 4 is 15.9 Å². The molecule has 0 saturated carbocycles. The van der Waals surface area contributed by atoms with Gasteiger partial charge in [0.1, 0.15) is 0 Å². The van der Waals surface area contributed by atoms with E-state index in [1.165, 1.54) is 0 Å². The van der Waals surface area contributed by atoms with E-state index in [1.807, 2.05) is 45.0 Å². The lowest BCUT2D eigenvalue weighted by Gasteiger charge is -2.28. The number of hydrogen-bond acceptors (Lipinski definition) is 2. The normalized spacial score (nSPS) is 13.6. The number of methoxy groups -OCH3 is 1. The van der Waals surface area contributed by atoms with Crippen molar-refractivity contribution in [1.82, 2.24) is 0 Å². The van der Waals surface area contributed by atoms with Crippen molar-refractivity contribution < 1.29 is 9.84 Å². The van der Waals surface area contributed by atoms with Gasteiger partial charge in [-0.3, -0.25) is 0 Å². The smallest absolute Gasteiger partial charge is 0.0921 e. The Morgan fingerprint density at radius 3 is 2.12 bits per heavy atom. The lowest BCUT2D eigenvalue weighted by molar-refractivity contribution is -0.0173. The van der Waals surface area contributed by atoms with Gasteiger partial charge in [0.15, 0.2) is 0 Å². The molecule has 3 heteroatoms. The number of aliphatic hydroxyl groups excluding tert-OH is 1. The van der Waals surface area contributed by atoms with Crippen molar-refractivity contribution in [3.63, 3.8) is 0 Å². The van der Waals surface area contributed by atoms with E-state index in [4.69, 9.17) is 9.84 Å². The van der Waals surface area contributed by atoms with Crippen molar-refractivity contribution in [2.24, 2.45) is 0 Å². The zero-order chi connectivity index (χ0) is 12.6. The Hall–Kier alpha value is -0.380. The molecule has 0 aromatic heterocycles. The quantitative estimate of drug-likeness (QED) is 0.915. The van der Waals surface area contributed by atoms with E-state index in [0.29, 0.717) is 6.42 Å². The van der Waals surface area contributed by atoms with Gasteiger partial charge in [0.05, 0.1) is 5.60 Å². The molecule has 0 amide bonds. The Morgan fingerprint density at radius 2 is 1.75 bits per heavy atom. The Bertz CT molecular complexity index is 284. The molecule has 0 aliphatic carbocycles. The molecule has 16 heavy (non-hydrogen) atoms. The van der Waals surface area contributed by atoms with E-state index in [0.717, 1.165) is 10.0 Å². The second-order valence-electron chi connectivity index (χ2n) is 3.42. The van der Waals surface area contributed by atoms with Crippen LogP contribution in [0, 0.1) is 0 Å². The highest BCUT2D eigenvalue weighted by Crippen LogP contribution is 2.28. The average molecular weight is 289 g/mol. The van der Waals surface area contributed by atoms with Crippen molar-refractivity contribution in [3.05, 3.63) is 34.3 Å². The number of halogens is 1. The van der Waals surface area contributed by atoms with Gasteiger partial charge in [-0.1, -0.05) is 41.9 Å². The molecule has 0 aliphatic rings. The lowest BCUT2D eigenvalue weighted by atomic mass is 9.93. The van der Waals surface area contributed by atoms with Gasteiger partial charge in [-0.15, -0.1) is 0 Å². The summed E-state index contributed by atoms with van der Waals surface area (Å²) in [6.45, 7) is 6.10. The zero-order valence-corrected chi connectivity index (χ0v) is 12.0. The van der Waals surface area contributed by atoms with E-state index >= 15 is 0 Å². The number of ether oxygens (including phenoxy) is 1. The molecule has 0 heterocycles. The minimum absolute atomic E-state index is 0.125. The van der Waals surface area contributed by atoms with Crippen LogP contribution in [0.3, 0.4) is 0 Å². The summed E-state index contributed by atoms with van der Waals surface area (Å²) in [6.07, 6.45) is 0.602. The van der Waals surface area contributed by atoms with Crippen molar-refractivity contribution in [1.29, 1.82) is 0 Å². The minimum Gasteiger partial charge on any atom is -0.396 e. The maximum absolute atomic E-state index is 8.96. The van der Waals surface area contributed by atoms with Gasteiger partial charge in [-0.05, 0) is 24.6 Å². The molecule has 1 rings (SSSR count). The third-order valence-electron chi connectivity index (χ3n) is 2.49. The predicted molar refractivity (Wildman–Crippen MR) is 71.6 cm³/mol. The first-order chi connectivity index (χ1) is 7.62. The largest absolute Gasteiger partial charge is 0.396 e. The summed E-state index contributed by atoms with van der Waals surface area (Å²) in [5.41, 5.74) is 0.687. The molecular formula is C13H21BrO2. The second-order valence-corrected chi connectivity index (χ2v) is 4.33. The number of aliphatic hydroxyl groups is 1. The van der Waals surface area contributed by atoms with Crippen LogP contribution in [0.15, 0.2) is 28.7 Å². The van der Waals surface area contributed by atoms with E-state index in [1.54, 1.807) is 7.11 Å². The van der Waals surface area contributed by atoms with Gasteiger partial charge < -0.3 is 9.84 Å². The van der Waals surface area contributed by atoms with Gasteiger partial charge in [-0.25, -0.2) is 0 Å². The molecule has 0 saturated heterocycles. The molecule has 1 atom stereocenters. The van der Waals surface area contributed by atoms with Crippen molar-refractivity contribution in [2.45, 2.75) is 32.8 Å². The van der Waals surface area contributed by atoms with Crippen LogP contribution in [0.25, 0.3) is 0 Å². The molecule has 1 aromatic rings. The first kappa shape index (κ1) is 15.6. The standard InChI is InChI=1S/C11H15BrO2.C2H6/c1-11(14-2,7-8-13)9-3-5-10(12)6-4-9;1-2/h3-6,13H,7-8H2,1-2H3;1-2H3. The molecular weight excluding hydrogens is 268 g/mol. The highest BCUT2D eigenvalue weighted by atomic mass is 79.9. The summed E-state index contributed by atoms with van der Waals surface area (Å²) in [4.78, 5) is 0. The Morgan fingerprint density at radius 1 is 1.25 bits per heavy atom. The van der Waals surface area contributed by atoms with Crippen LogP contribution in [0.4, 0.5) is 0 Å². The van der Waals surface area contributed by atoms with Gasteiger partial charge in [-0.2, -0.15) is 0 Å². The van der Waals surface area contributed by atoms with E-state index in [2.05, 4.69) is 15.9 Å². The molecule has 0 aliphatic heterocycles. The van der Waals surface area contributed by atoms with Crippen LogP contribution in [0.5, 0.6) is 0 Å². The molecule has 92 valence electrons. The first-order valence-corrected chi connectivity index (χ1v) is 6.34. The summed E-state index contributed by atoms with van der Waals surface area (Å²) in [6, 6.07) is 7.96. The molecule has 0 bridgehead atoms. The van der Waals surface area contributed by atoms with E-state index < -0.39 is 5.60 Å². The molecule has 0 radical (unpaired) electrons. The second kappa shape index (κ2) is 7.82. The molecule has 1 unspecified atom stereocenters. The van der Waals surface area contributed by atoms with Gasteiger partial charge in [0.25, 0.3) is 0 Å². The van der Waals surface area contributed by atoms with E-state index in [9.17, 15) is 0 Å². The first-order valence-electron chi connectivity index (χ1n) is 5.54. The maximum atomic E-state index is 8.96. The van der Waals surface area contributed by atoms with Crippen molar-refractivity contribution in [3.8, 4) is 0 Å². The molecule has 1 aromatic carbocycles. The number of rotatable bonds is 4. The van der Waals surface area contributed by atoms with Crippen LogP contribution in [-0.4, -0.2) is 18.8 Å². The molecule has 0 spiro atoms. The SMILES string of the molecule is CC.COC(C)(CCO)c1ccc(Br)cc1. The fourth-order valence-corrected chi connectivity index (χ4v) is 1.64. The summed E-state index contributed by atoms with van der Waals surface area (Å²) in [5, 5.41) is 8.96. The highest BCUT2D eigenvalue weighted by Gasteiger charge is 2.25. The lowest BCUT2D eigenvalue weighted by Crippen LogP contribution is -2.25. The fourth-order valence-electron chi connectivity index (χ4n) is 1.38. The summed E-state index contributed by atoms with van der Waals surface area (Å²) in [5.74, 6) is 0. The summed E-state index contributed by atoms with van der Waals surface area (Å²) >= 11 is 3.38. The number of hydrogen-bond donors (Lipinski definition) is 1. The minimum atomic E-state index is -0.393. The maximum Gasteiger partial charge on any atom is 0.0921 e. The Kier molecular flexibility index (Phi) is 7.64. The third kappa shape index (κ3) is 4.24. The molecule has 2 nitrogen and oxygen atoms in total. The predicted octanol–water partition coefficient (Wildman–Crippen LogP) is 3.72. The van der Waals surface area contributed by atoms with Crippen LogP contribution >= 0.6 is 15.9 Å². The summed E-state index contributed by atoms with van der Waals surface area (Å²) < 4.78 is 6.47. The average Bonchev–Trinajstić information content (AvgIpc) is 2.32. The van der Waals surface area contributed by atoms with Crippen LogP contribution < -0.4 is 0 Å². The van der Waals surface area contributed by atoms with E-state index in [-0.39, 0.29) is 6.61 Å². The third-order valence-corrected chi connectivity index (χ3v) is 3.02. The van der Waals surface area contributed by atoms with Gasteiger partial charge in [0.2, 0.25) is 0 Å². The van der Waals surface area contributed by atoms with Gasteiger partial charge >= 0.3 is 0 Å². The molecule has 1 N–H and O–H groups in total. The fraction of sp³-hybridized carbons (Fsp3) is 0.538. The summed E-state index contributed by atoms with van der Waals surface area (Å²) in [7, 11) is 1.66. The van der Waals surface area contributed by atoms with Gasteiger partial charge in [0, 0.05) is 24.6 Å². The molecule has 0 fully saturated rings. The number of benzene rings is 1. The highest BCUT2D eigenvalue weighted by molar-refractivity contribution is 9.10. The Labute approximate surface area is 107 Å². The van der Waals surface area contributed by atoms with Crippen LogP contribution in [0.2, 0.25) is 0 Å². The topological polar surface area (TPSA) is 29.5 Å². The monoisotopic (exact) mass is 288 g/mol.